The summed E-state index contributed by atoms with van der Waals surface area (Å²) in [5.74, 6) is 0.148. The van der Waals surface area contributed by atoms with E-state index in [4.69, 9.17) is 0 Å². The lowest BCUT2D eigenvalue weighted by molar-refractivity contribution is -0.929. The fourth-order valence-corrected chi connectivity index (χ4v) is 3.60. The van der Waals surface area contributed by atoms with Gasteiger partial charge >= 0.3 is 0 Å². The number of amides is 1. The monoisotopic (exact) mass is 335 g/mol. The average molecular weight is 335 g/mol. The van der Waals surface area contributed by atoms with E-state index in [9.17, 15) is 4.79 Å². The number of quaternary nitrogens is 1. The first-order valence-corrected chi connectivity index (χ1v) is 9.03. The van der Waals surface area contributed by atoms with Gasteiger partial charge in [-0.3, -0.25) is 4.79 Å². The van der Waals surface area contributed by atoms with Gasteiger partial charge in [0.25, 0.3) is 0 Å². The van der Waals surface area contributed by atoms with Gasteiger partial charge in [0.1, 0.15) is 6.04 Å². The molecule has 3 heteroatoms. The lowest BCUT2D eigenvalue weighted by Crippen LogP contribution is -3.15. The maximum absolute atomic E-state index is 12.3. The van der Waals surface area contributed by atoms with Crippen molar-refractivity contribution in [2.45, 2.75) is 19.9 Å². The normalized spacial score (nSPS) is 15.2. The van der Waals surface area contributed by atoms with E-state index in [1.807, 2.05) is 18.7 Å². The molecule has 1 aliphatic rings. The quantitative estimate of drug-likeness (QED) is 0.853. The summed E-state index contributed by atoms with van der Waals surface area (Å²) in [6.45, 7) is 7.51. The third-order valence-electron chi connectivity index (χ3n) is 4.80. The highest BCUT2D eigenvalue weighted by atomic mass is 16.2. The first-order valence-electron chi connectivity index (χ1n) is 9.03. The predicted molar refractivity (Wildman–Crippen MR) is 101 cm³/mol. The zero-order valence-electron chi connectivity index (χ0n) is 15.1. The van der Waals surface area contributed by atoms with E-state index in [-0.39, 0.29) is 5.91 Å². The molecular weight excluding hydrogens is 308 g/mol. The maximum Gasteiger partial charge on any atom is 0.246 e. The summed E-state index contributed by atoms with van der Waals surface area (Å²) in [5, 5.41) is 0. The average Bonchev–Trinajstić information content (AvgIpc) is 2.64. The number of nitrogens with one attached hydrogen (secondary N) is 1. The number of carbonyl (C=O) groups is 1. The molecule has 1 fully saturated rings. The smallest absolute Gasteiger partial charge is 0.246 e. The van der Waals surface area contributed by atoms with E-state index in [1.54, 1.807) is 6.08 Å². The highest BCUT2D eigenvalue weighted by molar-refractivity contribution is 5.88. The van der Waals surface area contributed by atoms with Gasteiger partial charge in [0.05, 0.1) is 26.2 Å². The molecular formula is C22H27N2O+. The van der Waals surface area contributed by atoms with Crippen molar-refractivity contribution in [3.8, 4) is 0 Å². The molecule has 3 rings (SSSR count). The number of hydrogen-bond donors (Lipinski definition) is 1. The number of rotatable bonds is 4. The van der Waals surface area contributed by atoms with Crippen LogP contribution in [-0.4, -0.2) is 37.0 Å². The molecule has 3 nitrogen and oxygen atoms in total. The molecule has 25 heavy (non-hydrogen) atoms. The molecule has 1 saturated heterocycles. The molecule has 0 aliphatic carbocycles. The summed E-state index contributed by atoms with van der Waals surface area (Å²) in [6, 6.07) is 21.8. The summed E-state index contributed by atoms with van der Waals surface area (Å²) in [7, 11) is 0. The second-order valence-electron chi connectivity index (χ2n) is 6.96. The SMILES string of the molecule is CC(C)=CC(=O)N1CC[NH+](C(c2ccccc2)c2ccccc2)CC1. The summed E-state index contributed by atoms with van der Waals surface area (Å²) < 4.78 is 0. The Bertz CT molecular complexity index is 673. The van der Waals surface area contributed by atoms with Crippen molar-refractivity contribution in [3.05, 3.63) is 83.4 Å². The van der Waals surface area contributed by atoms with Gasteiger partial charge in [0.15, 0.2) is 0 Å². The van der Waals surface area contributed by atoms with Crippen LogP contribution in [0.2, 0.25) is 0 Å². The van der Waals surface area contributed by atoms with Crippen LogP contribution in [0.5, 0.6) is 0 Å². The van der Waals surface area contributed by atoms with Crippen molar-refractivity contribution in [2.24, 2.45) is 0 Å². The minimum absolute atomic E-state index is 0.148. The molecule has 1 heterocycles. The fourth-order valence-electron chi connectivity index (χ4n) is 3.60. The zero-order valence-corrected chi connectivity index (χ0v) is 15.1. The minimum Gasteiger partial charge on any atom is -0.328 e. The van der Waals surface area contributed by atoms with Crippen LogP contribution in [0.4, 0.5) is 0 Å². The molecule has 0 radical (unpaired) electrons. The van der Waals surface area contributed by atoms with Crippen LogP contribution in [0.15, 0.2) is 72.3 Å². The molecule has 0 spiro atoms. The Morgan fingerprint density at radius 3 is 1.84 bits per heavy atom. The minimum atomic E-state index is 0.148. The maximum atomic E-state index is 12.3. The molecule has 1 aliphatic heterocycles. The van der Waals surface area contributed by atoms with Crippen LogP contribution in [0.1, 0.15) is 31.0 Å². The Balaban J connectivity index is 1.78. The van der Waals surface area contributed by atoms with Crippen molar-refractivity contribution < 1.29 is 9.69 Å². The van der Waals surface area contributed by atoms with E-state index in [1.165, 1.54) is 16.0 Å². The number of carbonyl (C=O) groups excluding carboxylic acids is 1. The lowest BCUT2D eigenvalue weighted by Gasteiger charge is -2.36. The Morgan fingerprint density at radius 2 is 1.40 bits per heavy atom. The molecule has 0 saturated carbocycles. The zero-order chi connectivity index (χ0) is 17.6. The van der Waals surface area contributed by atoms with Crippen molar-refractivity contribution >= 4 is 5.91 Å². The number of nitrogens with zero attached hydrogens (tertiary/aromatic N) is 1. The van der Waals surface area contributed by atoms with Gasteiger partial charge in [-0.1, -0.05) is 66.2 Å². The number of hydrogen-bond acceptors (Lipinski definition) is 1. The number of piperazine rings is 1. The number of allylic oxidation sites excluding steroid dienone is 1. The van der Waals surface area contributed by atoms with Crippen molar-refractivity contribution in [2.75, 3.05) is 26.2 Å². The topological polar surface area (TPSA) is 24.8 Å². The van der Waals surface area contributed by atoms with Crippen LogP contribution in [0.3, 0.4) is 0 Å². The van der Waals surface area contributed by atoms with E-state index in [2.05, 4.69) is 60.7 Å². The second-order valence-corrected chi connectivity index (χ2v) is 6.96. The molecule has 2 aromatic carbocycles. The Kier molecular flexibility index (Phi) is 5.67. The van der Waals surface area contributed by atoms with E-state index >= 15 is 0 Å². The third kappa shape index (κ3) is 4.37. The van der Waals surface area contributed by atoms with Gasteiger partial charge in [0, 0.05) is 17.2 Å². The van der Waals surface area contributed by atoms with E-state index in [0.717, 1.165) is 31.8 Å². The van der Waals surface area contributed by atoms with Gasteiger partial charge in [-0.05, 0) is 13.8 Å². The molecule has 130 valence electrons. The van der Waals surface area contributed by atoms with Gasteiger partial charge in [-0.25, -0.2) is 0 Å². The van der Waals surface area contributed by atoms with E-state index in [0.29, 0.717) is 6.04 Å². The summed E-state index contributed by atoms with van der Waals surface area (Å²) in [5.41, 5.74) is 3.74. The van der Waals surface area contributed by atoms with Crippen molar-refractivity contribution in [3.63, 3.8) is 0 Å². The molecule has 0 atom stereocenters. The summed E-state index contributed by atoms with van der Waals surface area (Å²) in [6.07, 6.45) is 1.75. The van der Waals surface area contributed by atoms with E-state index < -0.39 is 0 Å². The van der Waals surface area contributed by atoms with Crippen LogP contribution in [-0.2, 0) is 4.79 Å². The van der Waals surface area contributed by atoms with Crippen LogP contribution in [0, 0.1) is 0 Å². The van der Waals surface area contributed by atoms with Crippen molar-refractivity contribution in [1.29, 1.82) is 0 Å². The van der Waals surface area contributed by atoms with Crippen molar-refractivity contribution in [1.82, 2.24) is 4.90 Å². The largest absolute Gasteiger partial charge is 0.328 e. The standard InChI is InChI=1S/C22H26N2O/c1-18(2)17-21(25)23-13-15-24(16-14-23)22(19-9-5-3-6-10-19)20-11-7-4-8-12-20/h3-12,17,22H,13-16H2,1-2H3/p+1. The molecule has 0 unspecified atom stereocenters. The van der Waals surface area contributed by atoms with Crippen LogP contribution in [0.25, 0.3) is 0 Å². The Morgan fingerprint density at radius 1 is 0.920 bits per heavy atom. The van der Waals surface area contributed by atoms with Crippen LogP contribution < -0.4 is 4.90 Å². The first kappa shape index (κ1) is 17.4. The van der Waals surface area contributed by atoms with Gasteiger partial charge < -0.3 is 9.80 Å². The van der Waals surface area contributed by atoms with Gasteiger partial charge in [0.2, 0.25) is 5.91 Å². The van der Waals surface area contributed by atoms with Gasteiger partial charge in [-0.2, -0.15) is 0 Å². The molecule has 1 N–H and O–H groups in total. The molecule has 1 amide bonds. The van der Waals surface area contributed by atoms with Crippen LogP contribution >= 0.6 is 0 Å². The highest BCUT2D eigenvalue weighted by Gasteiger charge is 2.30. The first-order chi connectivity index (χ1) is 12.1. The number of benzene rings is 2. The summed E-state index contributed by atoms with van der Waals surface area (Å²) >= 11 is 0. The molecule has 2 aromatic rings. The molecule has 0 bridgehead atoms. The predicted octanol–water partition coefficient (Wildman–Crippen LogP) is 2.47. The van der Waals surface area contributed by atoms with Gasteiger partial charge in [-0.15, -0.1) is 0 Å². The highest BCUT2D eigenvalue weighted by Crippen LogP contribution is 2.19. The third-order valence-corrected chi connectivity index (χ3v) is 4.80. The fraction of sp³-hybridized carbons (Fsp3) is 0.318. The Hall–Kier alpha value is -2.39. The molecule has 0 aromatic heterocycles. The summed E-state index contributed by atoms with van der Waals surface area (Å²) in [4.78, 5) is 15.8. The second kappa shape index (κ2) is 8.13. The Labute approximate surface area is 150 Å². The lowest BCUT2D eigenvalue weighted by atomic mass is 9.96.